The molecule has 0 amide bonds. The van der Waals surface area contributed by atoms with Crippen LogP contribution in [0, 0.1) is 9.39 Å². The Kier molecular flexibility index (Phi) is 4.21. The van der Waals surface area contributed by atoms with E-state index < -0.39 is 0 Å². The van der Waals surface area contributed by atoms with Crippen molar-refractivity contribution in [2.45, 2.75) is 6.54 Å². The Labute approximate surface area is 139 Å². The fourth-order valence-corrected chi connectivity index (χ4v) is 2.50. The van der Waals surface area contributed by atoms with E-state index in [4.69, 9.17) is 11.6 Å². The quantitative estimate of drug-likeness (QED) is 0.596. The predicted octanol–water partition coefficient (Wildman–Crippen LogP) is 4.39. The maximum atomic E-state index is 13.7. The lowest BCUT2D eigenvalue weighted by molar-refractivity contribution is 0.585. The molecule has 0 saturated heterocycles. The molecule has 1 heterocycles. The fourth-order valence-electron chi connectivity index (χ4n) is 1.94. The van der Waals surface area contributed by atoms with Gasteiger partial charge in [0.05, 0.1) is 6.54 Å². The number of nitrogens with zero attached hydrogens (tertiary/aromatic N) is 3. The molecule has 0 bridgehead atoms. The monoisotopic (exact) mass is 413 g/mol. The van der Waals surface area contributed by atoms with E-state index in [1.165, 1.54) is 12.1 Å². The Morgan fingerprint density at radius 1 is 1.14 bits per heavy atom. The molecule has 1 aromatic heterocycles. The largest absolute Gasteiger partial charge is 0.248 e. The van der Waals surface area contributed by atoms with Gasteiger partial charge in [0.25, 0.3) is 0 Å². The van der Waals surface area contributed by atoms with Gasteiger partial charge in [0.2, 0.25) is 0 Å². The van der Waals surface area contributed by atoms with Crippen LogP contribution >= 0.6 is 34.2 Å². The van der Waals surface area contributed by atoms with E-state index in [1.54, 1.807) is 17.1 Å². The lowest BCUT2D eigenvalue weighted by atomic mass is 10.2. The third kappa shape index (κ3) is 3.41. The SMILES string of the molecule is Fc1ccc(Cl)cc1Cn1cnc(-c2ccc(I)cc2)n1. The summed E-state index contributed by atoms with van der Waals surface area (Å²) in [6, 6.07) is 12.4. The van der Waals surface area contributed by atoms with Crippen LogP contribution in [-0.2, 0) is 6.54 Å². The Balaban J connectivity index is 1.85. The highest BCUT2D eigenvalue weighted by Crippen LogP contribution is 2.18. The molecule has 0 aliphatic rings. The van der Waals surface area contributed by atoms with E-state index in [0.29, 0.717) is 23.0 Å². The smallest absolute Gasteiger partial charge is 0.181 e. The van der Waals surface area contributed by atoms with Crippen LogP contribution in [-0.4, -0.2) is 14.8 Å². The normalized spacial score (nSPS) is 10.8. The molecule has 0 spiro atoms. The summed E-state index contributed by atoms with van der Waals surface area (Å²) >= 11 is 8.13. The van der Waals surface area contributed by atoms with Crippen LogP contribution < -0.4 is 0 Å². The topological polar surface area (TPSA) is 30.7 Å². The van der Waals surface area contributed by atoms with Crippen molar-refractivity contribution in [2.75, 3.05) is 0 Å². The lowest BCUT2D eigenvalue weighted by Crippen LogP contribution is -2.02. The fraction of sp³-hybridized carbons (Fsp3) is 0.0667. The minimum atomic E-state index is -0.300. The molecule has 0 atom stereocenters. The van der Waals surface area contributed by atoms with Crippen LogP contribution in [0.25, 0.3) is 11.4 Å². The van der Waals surface area contributed by atoms with Crippen molar-refractivity contribution < 1.29 is 4.39 Å². The molecule has 3 rings (SSSR count). The second-order valence-corrected chi connectivity index (χ2v) is 6.19. The first kappa shape index (κ1) is 14.5. The highest BCUT2D eigenvalue weighted by molar-refractivity contribution is 14.1. The van der Waals surface area contributed by atoms with Gasteiger partial charge in [-0.15, -0.1) is 0 Å². The summed E-state index contributed by atoms with van der Waals surface area (Å²) in [6.45, 7) is 0.295. The zero-order valence-corrected chi connectivity index (χ0v) is 13.7. The van der Waals surface area contributed by atoms with Crippen molar-refractivity contribution in [3.05, 3.63) is 68.8 Å². The molecule has 3 nitrogen and oxygen atoms in total. The van der Waals surface area contributed by atoms with Crippen LogP contribution in [0.2, 0.25) is 5.02 Å². The number of aromatic nitrogens is 3. The van der Waals surface area contributed by atoms with E-state index in [2.05, 4.69) is 32.7 Å². The van der Waals surface area contributed by atoms with Gasteiger partial charge in [-0.05, 0) is 52.9 Å². The summed E-state index contributed by atoms with van der Waals surface area (Å²) in [7, 11) is 0. The number of rotatable bonds is 3. The Hall–Kier alpha value is -1.47. The summed E-state index contributed by atoms with van der Waals surface area (Å²) in [4.78, 5) is 4.26. The van der Waals surface area contributed by atoms with Gasteiger partial charge in [-0.25, -0.2) is 14.1 Å². The molecule has 0 aliphatic heterocycles. The second-order valence-electron chi connectivity index (χ2n) is 4.51. The van der Waals surface area contributed by atoms with Gasteiger partial charge in [-0.3, -0.25) is 0 Å². The van der Waals surface area contributed by atoms with Gasteiger partial charge in [-0.1, -0.05) is 23.7 Å². The van der Waals surface area contributed by atoms with Crippen molar-refractivity contribution in [1.29, 1.82) is 0 Å². The van der Waals surface area contributed by atoms with Crippen LogP contribution in [0.1, 0.15) is 5.56 Å². The average molecular weight is 414 g/mol. The number of benzene rings is 2. The average Bonchev–Trinajstić information content (AvgIpc) is 2.92. The molecule has 2 aromatic carbocycles. The second kappa shape index (κ2) is 6.11. The first-order chi connectivity index (χ1) is 10.1. The van der Waals surface area contributed by atoms with Gasteiger partial charge in [0, 0.05) is 19.7 Å². The number of hydrogen-bond donors (Lipinski definition) is 0. The van der Waals surface area contributed by atoms with Crippen molar-refractivity contribution in [3.8, 4) is 11.4 Å². The summed E-state index contributed by atoms with van der Waals surface area (Å²) in [5, 5.41) is 4.87. The molecule has 0 N–H and O–H groups in total. The van der Waals surface area contributed by atoms with Crippen LogP contribution in [0.3, 0.4) is 0 Å². The maximum Gasteiger partial charge on any atom is 0.181 e. The molecule has 6 heteroatoms. The number of halogens is 3. The Morgan fingerprint density at radius 3 is 2.67 bits per heavy atom. The van der Waals surface area contributed by atoms with Crippen molar-refractivity contribution in [3.63, 3.8) is 0 Å². The third-order valence-electron chi connectivity index (χ3n) is 2.98. The lowest BCUT2D eigenvalue weighted by Gasteiger charge is -2.03. The van der Waals surface area contributed by atoms with E-state index in [9.17, 15) is 4.39 Å². The van der Waals surface area contributed by atoms with E-state index >= 15 is 0 Å². The van der Waals surface area contributed by atoms with Gasteiger partial charge < -0.3 is 0 Å². The molecule has 3 aromatic rings. The molecule has 106 valence electrons. The van der Waals surface area contributed by atoms with Crippen LogP contribution in [0.5, 0.6) is 0 Å². The van der Waals surface area contributed by atoms with Crippen molar-refractivity contribution in [2.24, 2.45) is 0 Å². The molecule has 0 saturated carbocycles. The molecular weight excluding hydrogens is 404 g/mol. The summed E-state index contributed by atoms with van der Waals surface area (Å²) in [6.07, 6.45) is 1.59. The Morgan fingerprint density at radius 2 is 1.90 bits per heavy atom. The van der Waals surface area contributed by atoms with Crippen molar-refractivity contribution in [1.82, 2.24) is 14.8 Å². The minimum absolute atomic E-state index is 0.295. The molecule has 0 fully saturated rings. The van der Waals surface area contributed by atoms with Crippen LogP contribution in [0.15, 0.2) is 48.8 Å². The maximum absolute atomic E-state index is 13.7. The summed E-state index contributed by atoms with van der Waals surface area (Å²) in [5.74, 6) is 0.319. The van der Waals surface area contributed by atoms with Gasteiger partial charge in [-0.2, -0.15) is 5.10 Å². The zero-order chi connectivity index (χ0) is 14.8. The first-order valence-electron chi connectivity index (χ1n) is 6.21. The number of hydrogen-bond acceptors (Lipinski definition) is 2. The van der Waals surface area contributed by atoms with E-state index in [0.717, 1.165) is 9.13 Å². The predicted molar refractivity (Wildman–Crippen MR) is 88.7 cm³/mol. The zero-order valence-electron chi connectivity index (χ0n) is 10.8. The van der Waals surface area contributed by atoms with Crippen LogP contribution in [0.4, 0.5) is 4.39 Å². The molecule has 21 heavy (non-hydrogen) atoms. The van der Waals surface area contributed by atoms with Gasteiger partial charge >= 0.3 is 0 Å². The molecule has 0 aliphatic carbocycles. The summed E-state index contributed by atoms with van der Waals surface area (Å²) < 4.78 is 16.5. The van der Waals surface area contributed by atoms with Gasteiger partial charge in [0.15, 0.2) is 5.82 Å². The van der Waals surface area contributed by atoms with Gasteiger partial charge in [0.1, 0.15) is 12.1 Å². The highest BCUT2D eigenvalue weighted by atomic mass is 127. The van der Waals surface area contributed by atoms with E-state index in [1.807, 2.05) is 24.3 Å². The first-order valence-corrected chi connectivity index (χ1v) is 7.67. The van der Waals surface area contributed by atoms with Crippen molar-refractivity contribution >= 4 is 34.2 Å². The highest BCUT2D eigenvalue weighted by Gasteiger charge is 2.08. The molecule has 0 unspecified atom stereocenters. The molecular formula is C15H10ClFIN3. The summed E-state index contributed by atoms with van der Waals surface area (Å²) in [5.41, 5.74) is 1.42. The third-order valence-corrected chi connectivity index (χ3v) is 3.93. The Bertz CT molecular complexity index is 771. The van der Waals surface area contributed by atoms with E-state index in [-0.39, 0.29) is 5.82 Å². The standard InChI is InChI=1S/C15H10ClFIN3/c16-12-3-6-14(17)11(7-12)8-21-9-19-15(20-21)10-1-4-13(18)5-2-10/h1-7,9H,8H2. The minimum Gasteiger partial charge on any atom is -0.248 e. The molecule has 0 radical (unpaired) electrons.